The second-order valence-corrected chi connectivity index (χ2v) is 3.93. The van der Waals surface area contributed by atoms with Gasteiger partial charge in [-0.2, -0.15) is 13.2 Å². The standard InChI is InChI=1S/C12H8F3NS/c13-12(14,15)9-6-16-7-10(17)11(9)8-4-2-1-3-5-8/h1-7,17H. The highest BCUT2D eigenvalue weighted by Crippen LogP contribution is 2.39. The molecule has 0 amide bonds. The zero-order chi connectivity index (χ0) is 12.5. The van der Waals surface area contributed by atoms with Gasteiger partial charge < -0.3 is 0 Å². The number of thiol groups is 1. The van der Waals surface area contributed by atoms with E-state index in [1.165, 1.54) is 6.20 Å². The van der Waals surface area contributed by atoms with Crippen LogP contribution in [0.15, 0.2) is 47.6 Å². The van der Waals surface area contributed by atoms with Gasteiger partial charge in [0.05, 0.1) is 5.56 Å². The summed E-state index contributed by atoms with van der Waals surface area (Å²) < 4.78 is 38.5. The Morgan fingerprint density at radius 1 is 1.00 bits per heavy atom. The van der Waals surface area contributed by atoms with E-state index >= 15 is 0 Å². The van der Waals surface area contributed by atoms with Crippen LogP contribution in [0.1, 0.15) is 5.56 Å². The largest absolute Gasteiger partial charge is 0.418 e. The zero-order valence-corrected chi connectivity index (χ0v) is 9.46. The Morgan fingerprint density at radius 2 is 1.65 bits per heavy atom. The van der Waals surface area contributed by atoms with Crippen molar-refractivity contribution in [3.63, 3.8) is 0 Å². The Hall–Kier alpha value is -1.49. The maximum absolute atomic E-state index is 12.8. The van der Waals surface area contributed by atoms with Crippen molar-refractivity contribution in [3.05, 3.63) is 48.3 Å². The molecule has 0 radical (unpaired) electrons. The summed E-state index contributed by atoms with van der Waals surface area (Å²) in [4.78, 5) is 3.75. The fourth-order valence-electron chi connectivity index (χ4n) is 1.57. The second-order valence-electron chi connectivity index (χ2n) is 3.44. The third-order valence-corrected chi connectivity index (χ3v) is 2.63. The fourth-order valence-corrected chi connectivity index (χ4v) is 1.89. The molecule has 2 aromatic rings. The maximum Gasteiger partial charge on any atom is 0.418 e. The first kappa shape index (κ1) is 12.0. The van der Waals surface area contributed by atoms with Gasteiger partial charge in [0, 0.05) is 22.9 Å². The molecule has 2 rings (SSSR count). The van der Waals surface area contributed by atoms with Crippen LogP contribution in [0.4, 0.5) is 13.2 Å². The first-order valence-corrected chi connectivity index (χ1v) is 5.24. The minimum Gasteiger partial charge on any atom is -0.263 e. The highest BCUT2D eigenvalue weighted by atomic mass is 32.1. The van der Waals surface area contributed by atoms with Crippen molar-refractivity contribution < 1.29 is 13.2 Å². The second kappa shape index (κ2) is 4.41. The summed E-state index contributed by atoms with van der Waals surface area (Å²) in [6.45, 7) is 0. The molecule has 0 unspecified atom stereocenters. The van der Waals surface area contributed by atoms with Crippen molar-refractivity contribution in [2.75, 3.05) is 0 Å². The SMILES string of the molecule is FC(F)(F)c1cncc(S)c1-c1ccccc1. The van der Waals surface area contributed by atoms with E-state index in [9.17, 15) is 13.2 Å². The number of rotatable bonds is 1. The molecule has 0 bridgehead atoms. The molecule has 88 valence electrons. The van der Waals surface area contributed by atoms with Crippen LogP contribution in [0, 0.1) is 0 Å². The van der Waals surface area contributed by atoms with Crippen molar-refractivity contribution in [1.82, 2.24) is 4.98 Å². The van der Waals surface area contributed by atoms with E-state index in [0.717, 1.165) is 6.20 Å². The van der Waals surface area contributed by atoms with Gasteiger partial charge in [-0.05, 0) is 5.56 Å². The number of halogens is 3. The molecule has 0 saturated carbocycles. The lowest BCUT2D eigenvalue weighted by Gasteiger charge is -2.14. The Labute approximate surface area is 102 Å². The first-order valence-electron chi connectivity index (χ1n) is 4.79. The van der Waals surface area contributed by atoms with Gasteiger partial charge in [-0.3, -0.25) is 4.98 Å². The highest BCUT2D eigenvalue weighted by molar-refractivity contribution is 7.80. The summed E-state index contributed by atoms with van der Waals surface area (Å²) in [5.74, 6) is 0. The number of nitrogens with zero attached hydrogens (tertiary/aromatic N) is 1. The normalized spacial score (nSPS) is 11.5. The average molecular weight is 255 g/mol. The molecule has 0 aliphatic carbocycles. The number of aromatic nitrogens is 1. The monoisotopic (exact) mass is 255 g/mol. The van der Waals surface area contributed by atoms with E-state index in [2.05, 4.69) is 17.6 Å². The van der Waals surface area contributed by atoms with Crippen molar-refractivity contribution in [3.8, 4) is 11.1 Å². The van der Waals surface area contributed by atoms with Crippen LogP contribution < -0.4 is 0 Å². The van der Waals surface area contributed by atoms with E-state index < -0.39 is 11.7 Å². The summed E-state index contributed by atoms with van der Waals surface area (Å²) >= 11 is 4.05. The molecule has 0 fully saturated rings. The number of hydrogen-bond acceptors (Lipinski definition) is 2. The topological polar surface area (TPSA) is 12.9 Å². The van der Waals surface area contributed by atoms with E-state index in [1.807, 2.05) is 0 Å². The third-order valence-electron chi connectivity index (χ3n) is 2.29. The zero-order valence-electron chi connectivity index (χ0n) is 8.57. The van der Waals surface area contributed by atoms with Crippen LogP contribution in [-0.2, 0) is 6.18 Å². The number of benzene rings is 1. The molecule has 0 aliphatic heterocycles. The van der Waals surface area contributed by atoms with Gasteiger partial charge in [-0.1, -0.05) is 30.3 Å². The predicted octanol–water partition coefficient (Wildman–Crippen LogP) is 4.06. The summed E-state index contributed by atoms with van der Waals surface area (Å²) in [6, 6.07) is 8.34. The van der Waals surface area contributed by atoms with E-state index in [-0.39, 0.29) is 10.5 Å². The van der Waals surface area contributed by atoms with Gasteiger partial charge in [0.15, 0.2) is 0 Å². The van der Waals surface area contributed by atoms with Gasteiger partial charge >= 0.3 is 6.18 Å². The van der Waals surface area contributed by atoms with E-state index in [0.29, 0.717) is 5.56 Å². The Morgan fingerprint density at radius 3 is 2.24 bits per heavy atom. The van der Waals surface area contributed by atoms with E-state index in [4.69, 9.17) is 0 Å². The van der Waals surface area contributed by atoms with Gasteiger partial charge in [-0.15, -0.1) is 12.6 Å². The predicted molar refractivity (Wildman–Crippen MR) is 61.9 cm³/mol. The van der Waals surface area contributed by atoms with Gasteiger partial charge in [0.2, 0.25) is 0 Å². The Bertz CT molecular complexity index is 523. The fraction of sp³-hybridized carbons (Fsp3) is 0.0833. The molecule has 1 nitrogen and oxygen atoms in total. The molecule has 0 atom stereocenters. The van der Waals surface area contributed by atoms with Crippen molar-refractivity contribution in [2.45, 2.75) is 11.1 Å². The van der Waals surface area contributed by atoms with Crippen LogP contribution in [0.25, 0.3) is 11.1 Å². The molecule has 17 heavy (non-hydrogen) atoms. The molecule has 0 N–H and O–H groups in total. The molecule has 1 aromatic carbocycles. The number of pyridine rings is 1. The average Bonchev–Trinajstić information content (AvgIpc) is 2.28. The number of hydrogen-bond donors (Lipinski definition) is 1. The lowest BCUT2D eigenvalue weighted by Crippen LogP contribution is -2.08. The van der Waals surface area contributed by atoms with Crippen molar-refractivity contribution in [1.29, 1.82) is 0 Å². The van der Waals surface area contributed by atoms with Gasteiger partial charge in [0.25, 0.3) is 0 Å². The number of alkyl halides is 3. The molecular formula is C12H8F3NS. The Kier molecular flexibility index (Phi) is 3.11. The molecular weight excluding hydrogens is 247 g/mol. The molecule has 5 heteroatoms. The van der Waals surface area contributed by atoms with Crippen LogP contribution in [-0.4, -0.2) is 4.98 Å². The van der Waals surface area contributed by atoms with E-state index in [1.54, 1.807) is 30.3 Å². The van der Waals surface area contributed by atoms with Gasteiger partial charge in [0.1, 0.15) is 0 Å². The highest BCUT2D eigenvalue weighted by Gasteiger charge is 2.34. The summed E-state index contributed by atoms with van der Waals surface area (Å²) in [5.41, 5.74) is -0.222. The summed E-state index contributed by atoms with van der Waals surface area (Å²) in [7, 11) is 0. The van der Waals surface area contributed by atoms with Crippen LogP contribution in [0.2, 0.25) is 0 Å². The third kappa shape index (κ3) is 2.44. The van der Waals surface area contributed by atoms with Crippen LogP contribution in [0.3, 0.4) is 0 Å². The molecule has 0 saturated heterocycles. The Balaban J connectivity index is 2.69. The smallest absolute Gasteiger partial charge is 0.263 e. The first-order chi connectivity index (χ1) is 8.00. The minimum atomic E-state index is -4.43. The lowest BCUT2D eigenvalue weighted by atomic mass is 10.0. The molecule has 0 aliphatic rings. The summed E-state index contributed by atoms with van der Waals surface area (Å²) in [5, 5.41) is 0. The van der Waals surface area contributed by atoms with Crippen molar-refractivity contribution >= 4 is 12.6 Å². The maximum atomic E-state index is 12.8. The van der Waals surface area contributed by atoms with Crippen molar-refractivity contribution in [2.24, 2.45) is 0 Å². The molecule has 1 aromatic heterocycles. The van der Waals surface area contributed by atoms with Crippen LogP contribution in [0.5, 0.6) is 0 Å². The quantitative estimate of drug-likeness (QED) is 0.758. The van der Waals surface area contributed by atoms with Gasteiger partial charge in [-0.25, -0.2) is 0 Å². The van der Waals surface area contributed by atoms with Crippen LogP contribution >= 0.6 is 12.6 Å². The lowest BCUT2D eigenvalue weighted by molar-refractivity contribution is -0.137. The summed E-state index contributed by atoms with van der Waals surface area (Å²) in [6.07, 6.45) is -2.31. The molecule has 0 spiro atoms. The molecule has 1 heterocycles. The minimum absolute atomic E-state index is 0.0661.